The molecule has 1 saturated carbocycles. The highest BCUT2D eigenvalue weighted by atomic mass is 16.4. The van der Waals surface area contributed by atoms with E-state index in [9.17, 15) is 24.8 Å². The summed E-state index contributed by atoms with van der Waals surface area (Å²) in [6, 6.07) is 17.8. The number of aromatic nitrogens is 2. The van der Waals surface area contributed by atoms with Crippen LogP contribution in [0, 0.1) is 17.2 Å². The highest BCUT2D eigenvalue weighted by Gasteiger charge is 2.27. The summed E-state index contributed by atoms with van der Waals surface area (Å²) >= 11 is 0. The first kappa shape index (κ1) is 22.3. The number of benzene rings is 2. The van der Waals surface area contributed by atoms with Crippen molar-refractivity contribution in [3.8, 4) is 17.2 Å². The maximum Gasteiger partial charge on any atom is 0.306 e. The Labute approximate surface area is 200 Å². The molecule has 0 aliphatic heterocycles. The van der Waals surface area contributed by atoms with Crippen LogP contribution in [0.5, 0.6) is 0 Å². The Balaban J connectivity index is 1.49. The molecular formula is C27H22N4O4. The number of carboxylic acids is 1. The molecule has 0 atom stereocenters. The molecule has 8 nitrogen and oxygen atoms in total. The molecule has 8 heteroatoms. The first-order chi connectivity index (χ1) is 16.9. The summed E-state index contributed by atoms with van der Waals surface area (Å²) in [6.07, 6.45) is 3.83. The van der Waals surface area contributed by atoms with E-state index < -0.39 is 5.97 Å². The zero-order valence-corrected chi connectivity index (χ0v) is 18.8. The second kappa shape index (κ2) is 9.03. The predicted molar refractivity (Wildman–Crippen MR) is 130 cm³/mol. The largest absolute Gasteiger partial charge is 0.481 e. The SMILES string of the molecule is N#Cc1cccc(-c2ccc3nc4c(C(=O)N[C@H]5CC[C@@H](C(=O)O)CC5)cccn4c(=O)c3c2)c1. The van der Waals surface area contributed by atoms with Crippen molar-refractivity contribution in [2.24, 2.45) is 5.92 Å². The number of fused-ring (bicyclic) bond motifs is 2. The highest BCUT2D eigenvalue weighted by molar-refractivity contribution is 6.01. The van der Waals surface area contributed by atoms with E-state index in [4.69, 9.17) is 0 Å². The number of nitrogens with one attached hydrogen (secondary N) is 1. The van der Waals surface area contributed by atoms with Crippen molar-refractivity contribution >= 4 is 28.4 Å². The summed E-state index contributed by atoms with van der Waals surface area (Å²) in [5, 5.41) is 21.8. The molecule has 35 heavy (non-hydrogen) atoms. The third-order valence-electron chi connectivity index (χ3n) is 6.62. The molecule has 0 radical (unpaired) electrons. The molecule has 1 fully saturated rings. The molecule has 2 aromatic carbocycles. The molecule has 1 aliphatic carbocycles. The molecule has 2 N–H and O–H groups in total. The molecule has 0 bridgehead atoms. The average Bonchev–Trinajstić information content (AvgIpc) is 2.88. The van der Waals surface area contributed by atoms with Gasteiger partial charge in [0, 0.05) is 12.2 Å². The molecular weight excluding hydrogens is 444 g/mol. The van der Waals surface area contributed by atoms with Crippen molar-refractivity contribution in [1.82, 2.24) is 14.7 Å². The van der Waals surface area contributed by atoms with Crippen molar-refractivity contribution in [1.29, 1.82) is 5.26 Å². The molecule has 0 unspecified atom stereocenters. The standard InChI is InChI=1S/C27H22N4O4/c28-15-16-3-1-4-18(13-16)19-8-11-23-22(14-19)26(33)31-12-2-5-21(24(31)30-23)25(32)29-20-9-6-17(7-10-20)27(34)35/h1-5,8,11-14,17,20H,6-7,9-10H2,(H,29,32)(H,34,35)/t17-,20+. The summed E-state index contributed by atoms with van der Waals surface area (Å²) in [5.74, 6) is -1.49. The monoisotopic (exact) mass is 466 g/mol. The maximum absolute atomic E-state index is 13.3. The van der Waals surface area contributed by atoms with Crippen LogP contribution in [0.15, 0.2) is 65.6 Å². The topological polar surface area (TPSA) is 125 Å². The van der Waals surface area contributed by atoms with Gasteiger partial charge in [0.05, 0.1) is 34.0 Å². The predicted octanol–water partition coefficient (Wildman–Crippen LogP) is 3.76. The first-order valence-electron chi connectivity index (χ1n) is 11.4. The lowest BCUT2D eigenvalue weighted by molar-refractivity contribution is -0.142. The fraction of sp³-hybridized carbons (Fsp3) is 0.222. The second-order valence-electron chi connectivity index (χ2n) is 8.82. The minimum atomic E-state index is -0.791. The van der Waals surface area contributed by atoms with Crippen LogP contribution in [0.3, 0.4) is 0 Å². The van der Waals surface area contributed by atoms with Crippen molar-refractivity contribution in [2.45, 2.75) is 31.7 Å². The Bertz CT molecular complexity index is 1580. The summed E-state index contributed by atoms with van der Waals surface area (Å²) < 4.78 is 1.37. The Kier molecular flexibility index (Phi) is 5.75. The molecule has 174 valence electrons. The molecule has 5 rings (SSSR count). The third-order valence-corrected chi connectivity index (χ3v) is 6.62. The molecule has 0 saturated heterocycles. The van der Waals surface area contributed by atoms with E-state index in [1.165, 1.54) is 4.40 Å². The molecule has 2 aromatic heterocycles. The molecule has 0 spiro atoms. The third kappa shape index (κ3) is 4.24. The van der Waals surface area contributed by atoms with Gasteiger partial charge < -0.3 is 10.4 Å². The lowest BCUT2D eigenvalue weighted by atomic mass is 9.86. The normalized spacial score (nSPS) is 17.7. The van der Waals surface area contributed by atoms with E-state index in [2.05, 4.69) is 16.4 Å². The second-order valence-corrected chi connectivity index (χ2v) is 8.82. The smallest absolute Gasteiger partial charge is 0.306 e. The molecule has 4 aromatic rings. The lowest BCUT2D eigenvalue weighted by Crippen LogP contribution is -2.39. The molecule has 1 amide bonds. The van der Waals surface area contributed by atoms with Crippen LogP contribution in [0.25, 0.3) is 27.7 Å². The van der Waals surface area contributed by atoms with Gasteiger partial charge in [0.25, 0.3) is 11.5 Å². The number of pyridine rings is 1. The van der Waals surface area contributed by atoms with E-state index >= 15 is 0 Å². The van der Waals surface area contributed by atoms with Crippen LogP contribution in [0.1, 0.15) is 41.6 Å². The van der Waals surface area contributed by atoms with Crippen LogP contribution in [0.2, 0.25) is 0 Å². The van der Waals surface area contributed by atoms with Gasteiger partial charge in [-0.2, -0.15) is 5.26 Å². The van der Waals surface area contributed by atoms with Crippen LogP contribution >= 0.6 is 0 Å². The van der Waals surface area contributed by atoms with Gasteiger partial charge in [-0.25, -0.2) is 4.98 Å². The van der Waals surface area contributed by atoms with Gasteiger partial charge >= 0.3 is 5.97 Å². The molecule has 1 aliphatic rings. The summed E-state index contributed by atoms with van der Waals surface area (Å²) in [5.41, 5.74) is 2.87. The van der Waals surface area contributed by atoms with Crippen molar-refractivity contribution < 1.29 is 14.7 Å². The number of rotatable bonds is 4. The van der Waals surface area contributed by atoms with Crippen molar-refractivity contribution in [3.63, 3.8) is 0 Å². The fourth-order valence-corrected chi connectivity index (χ4v) is 4.70. The first-order valence-corrected chi connectivity index (χ1v) is 11.4. The fourth-order valence-electron chi connectivity index (χ4n) is 4.70. The Hall–Kier alpha value is -4.51. The van der Waals surface area contributed by atoms with E-state index in [1.54, 1.807) is 48.7 Å². The van der Waals surface area contributed by atoms with Crippen LogP contribution in [0.4, 0.5) is 0 Å². The van der Waals surface area contributed by atoms with E-state index in [0.717, 1.165) is 11.1 Å². The van der Waals surface area contributed by atoms with Crippen molar-refractivity contribution in [3.05, 3.63) is 82.3 Å². The van der Waals surface area contributed by atoms with Gasteiger partial charge in [-0.3, -0.25) is 18.8 Å². The zero-order chi connectivity index (χ0) is 24.5. The number of carboxylic acid groups (broad SMARTS) is 1. The maximum atomic E-state index is 13.3. The highest BCUT2D eigenvalue weighted by Crippen LogP contribution is 2.26. The Morgan fingerprint density at radius 2 is 1.80 bits per heavy atom. The number of nitriles is 1. The number of hydrogen-bond donors (Lipinski definition) is 2. The average molecular weight is 466 g/mol. The van der Waals surface area contributed by atoms with Crippen molar-refractivity contribution in [2.75, 3.05) is 0 Å². The Morgan fingerprint density at radius 3 is 2.54 bits per heavy atom. The van der Waals surface area contributed by atoms with Gasteiger partial charge in [-0.05, 0) is 73.2 Å². The quantitative estimate of drug-likeness (QED) is 0.441. The van der Waals surface area contributed by atoms with Gasteiger partial charge in [-0.1, -0.05) is 18.2 Å². The number of carbonyl (C=O) groups excluding carboxylic acids is 1. The van der Waals surface area contributed by atoms with Gasteiger partial charge in [-0.15, -0.1) is 0 Å². The van der Waals surface area contributed by atoms with Gasteiger partial charge in [0.2, 0.25) is 0 Å². The minimum absolute atomic E-state index is 0.114. The van der Waals surface area contributed by atoms with Gasteiger partial charge in [0.15, 0.2) is 5.65 Å². The van der Waals surface area contributed by atoms with E-state index in [-0.39, 0.29) is 34.6 Å². The van der Waals surface area contributed by atoms with E-state index in [0.29, 0.717) is 42.1 Å². The van der Waals surface area contributed by atoms with Crippen LogP contribution < -0.4 is 10.9 Å². The van der Waals surface area contributed by atoms with E-state index in [1.807, 2.05) is 12.1 Å². The summed E-state index contributed by atoms with van der Waals surface area (Å²) in [6.45, 7) is 0. The van der Waals surface area contributed by atoms with Crippen LogP contribution in [-0.4, -0.2) is 32.4 Å². The molecule has 2 heterocycles. The number of aliphatic carboxylic acids is 1. The summed E-state index contributed by atoms with van der Waals surface area (Å²) in [4.78, 5) is 42.2. The number of hydrogen-bond acceptors (Lipinski definition) is 5. The number of carbonyl (C=O) groups is 2. The number of amides is 1. The van der Waals surface area contributed by atoms with Crippen LogP contribution in [-0.2, 0) is 4.79 Å². The Morgan fingerprint density at radius 1 is 1.03 bits per heavy atom. The van der Waals surface area contributed by atoms with Gasteiger partial charge in [0.1, 0.15) is 0 Å². The summed E-state index contributed by atoms with van der Waals surface area (Å²) in [7, 11) is 0. The minimum Gasteiger partial charge on any atom is -0.481 e. The lowest BCUT2D eigenvalue weighted by Gasteiger charge is -2.26. The number of nitrogens with zero attached hydrogens (tertiary/aromatic N) is 3. The zero-order valence-electron chi connectivity index (χ0n) is 18.8.